The Labute approximate surface area is 116 Å². The van der Waals surface area contributed by atoms with Gasteiger partial charge in [-0.05, 0) is 30.3 Å². The summed E-state index contributed by atoms with van der Waals surface area (Å²) in [4.78, 5) is 11.8. The molecular weight excluding hydrogens is 293 g/mol. The van der Waals surface area contributed by atoms with Crippen LogP contribution in [0.2, 0.25) is 0 Å². The summed E-state index contributed by atoms with van der Waals surface area (Å²) in [6, 6.07) is 6.15. The van der Waals surface area contributed by atoms with Crippen LogP contribution in [0.1, 0.15) is 15.9 Å². The van der Waals surface area contributed by atoms with Gasteiger partial charge in [-0.15, -0.1) is 0 Å². The number of hydrogen-bond acceptors (Lipinski definition) is 1. The largest absolute Gasteiger partial charge is 0.416 e. The van der Waals surface area contributed by atoms with Gasteiger partial charge >= 0.3 is 6.18 Å². The highest BCUT2D eigenvalue weighted by Crippen LogP contribution is 2.29. The molecule has 0 fully saturated rings. The van der Waals surface area contributed by atoms with Gasteiger partial charge in [0.1, 0.15) is 11.6 Å². The molecule has 0 heterocycles. The lowest BCUT2D eigenvalue weighted by Crippen LogP contribution is -2.14. The van der Waals surface area contributed by atoms with Crippen LogP contribution in [0.15, 0.2) is 42.5 Å². The van der Waals surface area contributed by atoms with Gasteiger partial charge in [0.15, 0.2) is 0 Å². The number of carbonyl (C=O) groups excluding carboxylic acids is 1. The lowest BCUT2D eigenvalue weighted by molar-refractivity contribution is -0.137. The topological polar surface area (TPSA) is 29.1 Å². The van der Waals surface area contributed by atoms with Crippen molar-refractivity contribution in [3.8, 4) is 0 Å². The maximum absolute atomic E-state index is 13.4. The first-order valence-electron chi connectivity index (χ1n) is 5.71. The van der Waals surface area contributed by atoms with Gasteiger partial charge in [-0.3, -0.25) is 4.79 Å². The summed E-state index contributed by atoms with van der Waals surface area (Å²) in [6.07, 6.45) is -4.59. The normalized spacial score (nSPS) is 11.3. The summed E-state index contributed by atoms with van der Waals surface area (Å²) < 4.78 is 63.7. The van der Waals surface area contributed by atoms with E-state index < -0.39 is 29.3 Å². The number of carbonyl (C=O) groups is 1. The van der Waals surface area contributed by atoms with Crippen molar-refractivity contribution in [2.75, 3.05) is 5.32 Å². The molecule has 2 nitrogen and oxygen atoms in total. The van der Waals surface area contributed by atoms with E-state index >= 15 is 0 Å². The molecule has 110 valence electrons. The molecule has 0 unspecified atom stereocenters. The number of amides is 1. The Hall–Kier alpha value is -2.44. The van der Waals surface area contributed by atoms with E-state index in [1.54, 1.807) is 0 Å². The third-order valence-corrected chi connectivity index (χ3v) is 2.63. The van der Waals surface area contributed by atoms with Gasteiger partial charge in [0.05, 0.1) is 11.3 Å². The van der Waals surface area contributed by atoms with Gasteiger partial charge in [0, 0.05) is 11.6 Å². The molecule has 0 atom stereocenters. The molecule has 1 N–H and O–H groups in total. The van der Waals surface area contributed by atoms with Gasteiger partial charge in [0.2, 0.25) is 0 Å². The van der Waals surface area contributed by atoms with Crippen LogP contribution in [0.5, 0.6) is 0 Å². The molecule has 0 radical (unpaired) electrons. The average Bonchev–Trinajstić information content (AvgIpc) is 2.41. The monoisotopic (exact) mass is 301 g/mol. The van der Waals surface area contributed by atoms with Gasteiger partial charge in [-0.1, -0.05) is 6.07 Å². The van der Waals surface area contributed by atoms with Crippen LogP contribution in [0, 0.1) is 11.6 Å². The molecule has 2 rings (SSSR count). The van der Waals surface area contributed by atoms with Crippen LogP contribution in [0.3, 0.4) is 0 Å². The predicted molar refractivity (Wildman–Crippen MR) is 65.8 cm³/mol. The maximum atomic E-state index is 13.4. The minimum atomic E-state index is -4.59. The maximum Gasteiger partial charge on any atom is 0.416 e. The first-order valence-corrected chi connectivity index (χ1v) is 5.71. The van der Waals surface area contributed by atoms with Crippen molar-refractivity contribution in [3.63, 3.8) is 0 Å². The van der Waals surface area contributed by atoms with Crippen LogP contribution >= 0.6 is 0 Å². The smallest absolute Gasteiger partial charge is 0.319 e. The molecule has 0 aliphatic heterocycles. The summed E-state index contributed by atoms with van der Waals surface area (Å²) in [7, 11) is 0. The molecule has 0 saturated heterocycles. The van der Waals surface area contributed by atoms with Crippen molar-refractivity contribution < 1.29 is 26.7 Å². The minimum Gasteiger partial charge on any atom is -0.319 e. The van der Waals surface area contributed by atoms with E-state index in [9.17, 15) is 26.7 Å². The Kier molecular flexibility index (Phi) is 3.93. The molecule has 0 spiro atoms. The van der Waals surface area contributed by atoms with E-state index in [1.807, 2.05) is 0 Å². The molecule has 0 aliphatic rings. The van der Waals surface area contributed by atoms with Crippen molar-refractivity contribution >= 4 is 11.6 Å². The standard InChI is InChI=1S/C14H8F5NO/c15-10-4-5-12(11(16)7-10)20-13(21)8-2-1-3-9(6-8)14(17,18)19/h1-7H,(H,20,21). The molecule has 2 aromatic carbocycles. The number of hydrogen-bond donors (Lipinski definition) is 1. The fourth-order valence-electron chi connectivity index (χ4n) is 1.62. The highest BCUT2D eigenvalue weighted by molar-refractivity contribution is 6.04. The SMILES string of the molecule is O=C(Nc1ccc(F)cc1F)c1cccc(C(F)(F)F)c1. The van der Waals surface area contributed by atoms with Crippen LogP contribution in [0.25, 0.3) is 0 Å². The summed E-state index contributed by atoms with van der Waals surface area (Å²) >= 11 is 0. The Bertz CT molecular complexity index is 681. The summed E-state index contributed by atoms with van der Waals surface area (Å²) in [5, 5.41) is 2.08. The van der Waals surface area contributed by atoms with Crippen molar-refractivity contribution in [1.29, 1.82) is 0 Å². The second-order valence-corrected chi connectivity index (χ2v) is 4.16. The highest BCUT2D eigenvalue weighted by atomic mass is 19.4. The Morgan fingerprint density at radius 3 is 2.33 bits per heavy atom. The van der Waals surface area contributed by atoms with E-state index in [-0.39, 0.29) is 11.3 Å². The van der Waals surface area contributed by atoms with Crippen LogP contribution in [-0.4, -0.2) is 5.91 Å². The molecule has 0 aliphatic carbocycles. The molecule has 0 bridgehead atoms. The lowest BCUT2D eigenvalue weighted by Gasteiger charge is -2.09. The second kappa shape index (κ2) is 5.51. The van der Waals surface area contributed by atoms with Crippen LogP contribution in [-0.2, 0) is 6.18 Å². The zero-order valence-corrected chi connectivity index (χ0v) is 10.3. The highest BCUT2D eigenvalue weighted by Gasteiger charge is 2.30. The van der Waals surface area contributed by atoms with Gasteiger partial charge < -0.3 is 5.32 Å². The number of nitrogens with one attached hydrogen (secondary N) is 1. The van der Waals surface area contributed by atoms with Crippen LogP contribution in [0.4, 0.5) is 27.6 Å². The fourth-order valence-corrected chi connectivity index (χ4v) is 1.62. The van der Waals surface area contributed by atoms with E-state index in [0.29, 0.717) is 12.1 Å². The van der Waals surface area contributed by atoms with E-state index in [2.05, 4.69) is 5.32 Å². The number of benzene rings is 2. The zero-order chi connectivity index (χ0) is 15.6. The Balaban J connectivity index is 2.25. The molecule has 2 aromatic rings. The number of halogens is 5. The zero-order valence-electron chi connectivity index (χ0n) is 10.3. The fraction of sp³-hybridized carbons (Fsp3) is 0.0714. The van der Waals surface area contributed by atoms with Crippen LogP contribution < -0.4 is 5.32 Å². The number of anilines is 1. The van der Waals surface area contributed by atoms with E-state index in [1.165, 1.54) is 0 Å². The lowest BCUT2D eigenvalue weighted by atomic mass is 10.1. The first kappa shape index (κ1) is 15.0. The number of rotatable bonds is 2. The predicted octanol–water partition coefficient (Wildman–Crippen LogP) is 4.24. The summed E-state index contributed by atoms with van der Waals surface area (Å²) in [5.41, 5.74) is -1.60. The molecule has 0 saturated carbocycles. The Morgan fingerprint density at radius 2 is 1.71 bits per heavy atom. The molecule has 7 heteroatoms. The van der Waals surface area contributed by atoms with Gasteiger partial charge in [0.25, 0.3) is 5.91 Å². The molecular formula is C14H8F5NO. The molecule has 0 aromatic heterocycles. The van der Waals surface area contributed by atoms with Crippen molar-refractivity contribution in [1.82, 2.24) is 0 Å². The Morgan fingerprint density at radius 1 is 1.00 bits per heavy atom. The third kappa shape index (κ3) is 3.56. The first-order chi connectivity index (χ1) is 9.77. The second-order valence-electron chi connectivity index (χ2n) is 4.16. The summed E-state index contributed by atoms with van der Waals surface area (Å²) in [6.45, 7) is 0. The van der Waals surface area contributed by atoms with Crippen molar-refractivity contribution in [2.45, 2.75) is 6.18 Å². The molecule has 21 heavy (non-hydrogen) atoms. The van der Waals surface area contributed by atoms with E-state index in [4.69, 9.17) is 0 Å². The van der Waals surface area contributed by atoms with Gasteiger partial charge in [-0.25, -0.2) is 8.78 Å². The van der Waals surface area contributed by atoms with Gasteiger partial charge in [-0.2, -0.15) is 13.2 Å². The number of alkyl halides is 3. The summed E-state index contributed by atoms with van der Waals surface area (Å²) in [5.74, 6) is -2.77. The molecule has 1 amide bonds. The van der Waals surface area contributed by atoms with E-state index in [0.717, 1.165) is 30.3 Å². The quantitative estimate of drug-likeness (QED) is 0.826. The average molecular weight is 301 g/mol. The van der Waals surface area contributed by atoms with Crippen molar-refractivity contribution in [2.24, 2.45) is 0 Å². The minimum absolute atomic E-state index is 0.284. The third-order valence-electron chi connectivity index (χ3n) is 2.63. The van der Waals surface area contributed by atoms with Crippen molar-refractivity contribution in [3.05, 3.63) is 65.2 Å².